The molecule has 0 spiro atoms. The molecule has 142 valence electrons. The first-order valence-electron chi connectivity index (χ1n) is 9.13. The molecule has 0 aliphatic heterocycles. The first-order chi connectivity index (χ1) is 13.0. The summed E-state index contributed by atoms with van der Waals surface area (Å²) in [5.74, 6) is 0.221. The number of hydrogen-bond donors (Lipinski definition) is 3. The van der Waals surface area contributed by atoms with E-state index in [1.165, 1.54) is 0 Å². The number of aliphatic hydroxyl groups excluding tert-OH is 2. The third-order valence-corrected chi connectivity index (χ3v) is 4.42. The van der Waals surface area contributed by atoms with Crippen molar-refractivity contribution in [1.82, 2.24) is 4.98 Å². The summed E-state index contributed by atoms with van der Waals surface area (Å²) >= 11 is 0. The fourth-order valence-corrected chi connectivity index (χ4v) is 2.86. The standard InChI is InChI=1S/C23H27NO3/c1-3-17(2)21(13-15-25)23(27)12-9-19(22-6-4-5-14-24-22)16-18-7-10-20(26)11-8-18/h4-8,10-11,13-14,16,23,25-27H,2-3,9,12,15H2,1H3/b19-16-,21-13-. The normalized spacial score (nSPS) is 13.4. The minimum absolute atomic E-state index is 0.123. The zero-order chi connectivity index (χ0) is 19.6. The second-order valence-corrected chi connectivity index (χ2v) is 6.33. The van der Waals surface area contributed by atoms with Crippen LogP contribution in [0.1, 0.15) is 37.4 Å². The number of phenolic OH excluding ortho intramolecular Hbond substituents is 1. The Labute approximate surface area is 160 Å². The lowest BCUT2D eigenvalue weighted by molar-refractivity contribution is 0.202. The summed E-state index contributed by atoms with van der Waals surface area (Å²) in [7, 11) is 0. The highest BCUT2D eigenvalue weighted by Gasteiger charge is 2.14. The van der Waals surface area contributed by atoms with E-state index in [9.17, 15) is 15.3 Å². The Morgan fingerprint density at radius 1 is 1.19 bits per heavy atom. The molecule has 0 aliphatic rings. The minimum atomic E-state index is -0.698. The van der Waals surface area contributed by atoms with Crippen LogP contribution in [0.15, 0.2) is 72.5 Å². The van der Waals surface area contributed by atoms with E-state index < -0.39 is 6.10 Å². The number of phenols is 1. The molecule has 0 amide bonds. The van der Waals surface area contributed by atoms with E-state index in [1.807, 2.05) is 43.3 Å². The van der Waals surface area contributed by atoms with Crippen LogP contribution in [0.3, 0.4) is 0 Å². The van der Waals surface area contributed by atoms with Gasteiger partial charge < -0.3 is 15.3 Å². The molecule has 1 aromatic heterocycles. The van der Waals surface area contributed by atoms with E-state index >= 15 is 0 Å². The molecule has 1 unspecified atom stereocenters. The molecule has 0 saturated carbocycles. The Bertz CT molecular complexity index is 792. The maximum Gasteiger partial charge on any atom is 0.115 e. The van der Waals surface area contributed by atoms with Crippen molar-refractivity contribution in [2.75, 3.05) is 6.61 Å². The SMILES string of the molecule is C=C(CC)/C(=C/CO)C(O)CC/C(=C/c1ccc(O)cc1)c1ccccn1. The monoisotopic (exact) mass is 365 g/mol. The molecule has 2 aromatic rings. The number of aromatic nitrogens is 1. The van der Waals surface area contributed by atoms with Crippen molar-refractivity contribution in [3.8, 4) is 5.75 Å². The number of benzene rings is 1. The van der Waals surface area contributed by atoms with Gasteiger partial charge in [-0.3, -0.25) is 4.98 Å². The van der Waals surface area contributed by atoms with Gasteiger partial charge in [0.25, 0.3) is 0 Å². The van der Waals surface area contributed by atoms with Crippen LogP contribution in [0.5, 0.6) is 5.75 Å². The summed E-state index contributed by atoms with van der Waals surface area (Å²) in [6.07, 6.45) is 6.51. The van der Waals surface area contributed by atoms with E-state index in [4.69, 9.17) is 0 Å². The zero-order valence-corrected chi connectivity index (χ0v) is 15.7. The van der Waals surface area contributed by atoms with Gasteiger partial charge in [-0.05, 0) is 71.9 Å². The largest absolute Gasteiger partial charge is 0.508 e. The fraction of sp³-hybridized carbons (Fsp3) is 0.261. The van der Waals surface area contributed by atoms with Crippen LogP contribution >= 0.6 is 0 Å². The van der Waals surface area contributed by atoms with Crippen LogP contribution in [0.25, 0.3) is 11.6 Å². The lowest BCUT2D eigenvalue weighted by Crippen LogP contribution is -2.13. The predicted octanol–water partition coefficient (Wildman–Crippen LogP) is 4.35. The number of allylic oxidation sites excluding steroid dienone is 1. The van der Waals surface area contributed by atoms with E-state index in [2.05, 4.69) is 11.6 Å². The molecule has 1 atom stereocenters. The van der Waals surface area contributed by atoms with Crippen LogP contribution in [0.4, 0.5) is 0 Å². The second kappa shape index (κ2) is 10.5. The molecule has 4 nitrogen and oxygen atoms in total. The van der Waals surface area contributed by atoms with Crippen molar-refractivity contribution < 1.29 is 15.3 Å². The number of hydrogen-bond acceptors (Lipinski definition) is 4. The van der Waals surface area contributed by atoms with Crippen molar-refractivity contribution in [1.29, 1.82) is 0 Å². The van der Waals surface area contributed by atoms with Gasteiger partial charge in [0.15, 0.2) is 0 Å². The number of nitrogens with zero attached hydrogens (tertiary/aromatic N) is 1. The van der Waals surface area contributed by atoms with Crippen molar-refractivity contribution in [2.45, 2.75) is 32.3 Å². The Hall–Kier alpha value is -2.69. The van der Waals surface area contributed by atoms with Crippen LogP contribution in [-0.4, -0.2) is 33.0 Å². The maximum atomic E-state index is 10.6. The molecule has 0 bridgehead atoms. The van der Waals surface area contributed by atoms with Crippen molar-refractivity contribution >= 4 is 11.6 Å². The van der Waals surface area contributed by atoms with Gasteiger partial charge in [-0.2, -0.15) is 0 Å². The Kier molecular flexibility index (Phi) is 7.99. The Morgan fingerprint density at radius 2 is 1.93 bits per heavy atom. The summed E-state index contributed by atoms with van der Waals surface area (Å²) in [6.45, 7) is 5.84. The quantitative estimate of drug-likeness (QED) is 0.578. The van der Waals surface area contributed by atoms with Crippen LogP contribution < -0.4 is 0 Å². The highest BCUT2D eigenvalue weighted by molar-refractivity contribution is 5.80. The van der Waals surface area contributed by atoms with Gasteiger partial charge in [-0.15, -0.1) is 0 Å². The minimum Gasteiger partial charge on any atom is -0.508 e. The average molecular weight is 365 g/mol. The highest BCUT2D eigenvalue weighted by atomic mass is 16.3. The van der Waals surface area contributed by atoms with E-state index in [0.29, 0.717) is 18.4 Å². The van der Waals surface area contributed by atoms with Gasteiger partial charge in [-0.1, -0.05) is 37.8 Å². The van der Waals surface area contributed by atoms with Gasteiger partial charge in [-0.25, -0.2) is 0 Å². The summed E-state index contributed by atoms with van der Waals surface area (Å²) in [4.78, 5) is 4.43. The Morgan fingerprint density at radius 3 is 2.52 bits per heavy atom. The average Bonchev–Trinajstić information content (AvgIpc) is 2.70. The Balaban J connectivity index is 2.23. The smallest absolute Gasteiger partial charge is 0.115 e. The first kappa shape index (κ1) is 20.6. The molecule has 3 N–H and O–H groups in total. The molecule has 0 radical (unpaired) electrons. The number of aliphatic hydroxyl groups is 2. The van der Waals surface area contributed by atoms with Gasteiger partial charge in [0, 0.05) is 6.20 Å². The van der Waals surface area contributed by atoms with Crippen LogP contribution in [0.2, 0.25) is 0 Å². The first-order valence-corrected chi connectivity index (χ1v) is 9.13. The number of aromatic hydroxyl groups is 1. The molecule has 0 fully saturated rings. The lowest BCUT2D eigenvalue weighted by Gasteiger charge is -2.17. The third-order valence-electron chi connectivity index (χ3n) is 4.42. The molecule has 0 saturated heterocycles. The third kappa shape index (κ3) is 6.20. The summed E-state index contributed by atoms with van der Waals surface area (Å²) in [6, 6.07) is 12.7. The maximum absolute atomic E-state index is 10.6. The summed E-state index contributed by atoms with van der Waals surface area (Å²) in [5, 5.41) is 29.3. The molecule has 0 aliphatic carbocycles. The van der Waals surface area contributed by atoms with E-state index in [0.717, 1.165) is 28.8 Å². The van der Waals surface area contributed by atoms with Crippen LogP contribution in [-0.2, 0) is 0 Å². The van der Waals surface area contributed by atoms with Gasteiger partial charge in [0.1, 0.15) is 5.75 Å². The van der Waals surface area contributed by atoms with Crippen molar-refractivity contribution in [3.63, 3.8) is 0 Å². The van der Waals surface area contributed by atoms with Gasteiger partial charge in [0.05, 0.1) is 18.4 Å². The second-order valence-electron chi connectivity index (χ2n) is 6.33. The molecular weight excluding hydrogens is 338 g/mol. The molecule has 1 heterocycles. The summed E-state index contributed by atoms with van der Waals surface area (Å²) in [5.41, 5.74) is 4.32. The molecule has 2 rings (SSSR count). The predicted molar refractivity (Wildman–Crippen MR) is 110 cm³/mol. The molecule has 4 heteroatoms. The van der Waals surface area contributed by atoms with Gasteiger partial charge in [0.2, 0.25) is 0 Å². The molecule has 1 aromatic carbocycles. The fourth-order valence-electron chi connectivity index (χ4n) is 2.86. The molecule has 27 heavy (non-hydrogen) atoms. The molecular formula is C23H27NO3. The van der Waals surface area contributed by atoms with E-state index in [-0.39, 0.29) is 12.4 Å². The number of pyridine rings is 1. The van der Waals surface area contributed by atoms with Gasteiger partial charge >= 0.3 is 0 Å². The highest BCUT2D eigenvalue weighted by Crippen LogP contribution is 2.26. The zero-order valence-electron chi connectivity index (χ0n) is 15.7. The topological polar surface area (TPSA) is 73.6 Å². The van der Waals surface area contributed by atoms with Crippen molar-refractivity contribution in [3.05, 3.63) is 83.7 Å². The number of rotatable bonds is 9. The lowest BCUT2D eigenvalue weighted by atomic mass is 9.93. The van der Waals surface area contributed by atoms with E-state index in [1.54, 1.807) is 24.4 Å². The van der Waals surface area contributed by atoms with Crippen LogP contribution in [0, 0.1) is 0 Å². The van der Waals surface area contributed by atoms with Crippen molar-refractivity contribution in [2.24, 2.45) is 0 Å². The summed E-state index contributed by atoms with van der Waals surface area (Å²) < 4.78 is 0.